The van der Waals surface area contributed by atoms with Gasteiger partial charge in [-0.05, 0) is 50.2 Å². The van der Waals surface area contributed by atoms with Gasteiger partial charge < -0.3 is 10.1 Å². The Labute approximate surface area is 115 Å². The molecule has 1 fully saturated rings. The predicted molar refractivity (Wildman–Crippen MR) is 78.0 cm³/mol. The SMILES string of the molecule is CCCCSCCC1CCCC1(NC)C(=O)OC. The molecular weight excluding hydrogens is 246 g/mol. The van der Waals surface area contributed by atoms with E-state index in [9.17, 15) is 4.79 Å². The lowest BCUT2D eigenvalue weighted by molar-refractivity contribution is -0.150. The second-order valence-electron chi connectivity index (χ2n) is 5.06. The average molecular weight is 273 g/mol. The van der Waals surface area contributed by atoms with Gasteiger partial charge in [-0.2, -0.15) is 11.8 Å². The molecule has 2 atom stereocenters. The molecular formula is C14H27NO2S. The number of thioether (sulfide) groups is 1. The zero-order valence-electron chi connectivity index (χ0n) is 12.0. The van der Waals surface area contributed by atoms with Crippen LogP contribution < -0.4 is 5.32 Å². The monoisotopic (exact) mass is 273 g/mol. The molecule has 106 valence electrons. The van der Waals surface area contributed by atoms with E-state index in [0.29, 0.717) is 5.92 Å². The largest absolute Gasteiger partial charge is 0.468 e. The van der Waals surface area contributed by atoms with Crippen LogP contribution in [0.3, 0.4) is 0 Å². The van der Waals surface area contributed by atoms with Gasteiger partial charge in [0.15, 0.2) is 0 Å². The molecule has 3 nitrogen and oxygen atoms in total. The molecule has 0 spiro atoms. The molecule has 0 amide bonds. The number of nitrogens with one attached hydrogen (secondary N) is 1. The van der Waals surface area contributed by atoms with Crippen molar-refractivity contribution in [2.45, 2.75) is 51.0 Å². The fraction of sp³-hybridized carbons (Fsp3) is 0.929. The highest BCUT2D eigenvalue weighted by molar-refractivity contribution is 7.99. The van der Waals surface area contributed by atoms with Gasteiger partial charge in [-0.3, -0.25) is 4.79 Å². The van der Waals surface area contributed by atoms with Gasteiger partial charge in [-0.1, -0.05) is 19.8 Å². The molecule has 1 rings (SSSR count). The molecule has 1 N–H and O–H groups in total. The first-order valence-electron chi connectivity index (χ1n) is 7.06. The summed E-state index contributed by atoms with van der Waals surface area (Å²) >= 11 is 2.02. The molecule has 0 heterocycles. The second kappa shape index (κ2) is 8.05. The summed E-state index contributed by atoms with van der Waals surface area (Å²) < 4.78 is 5.00. The first-order valence-corrected chi connectivity index (χ1v) is 8.21. The van der Waals surface area contributed by atoms with Crippen LogP contribution in [0.2, 0.25) is 0 Å². The summed E-state index contributed by atoms with van der Waals surface area (Å²) in [5.41, 5.74) is -0.417. The maximum absolute atomic E-state index is 12.0. The summed E-state index contributed by atoms with van der Waals surface area (Å²) in [7, 11) is 3.38. The lowest BCUT2D eigenvalue weighted by atomic mass is 9.85. The number of hydrogen-bond donors (Lipinski definition) is 1. The fourth-order valence-electron chi connectivity index (χ4n) is 2.92. The standard InChI is InChI=1S/C14H27NO2S/c1-4-5-10-18-11-8-12-7-6-9-14(12,15-2)13(16)17-3/h12,15H,4-11H2,1-3H3. The summed E-state index contributed by atoms with van der Waals surface area (Å²) in [4.78, 5) is 12.0. The van der Waals surface area contributed by atoms with Crippen LogP contribution in [-0.4, -0.2) is 37.2 Å². The topological polar surface area (TPSA) is 38.3 Å². The maximum Gasteiger partial charge on any atom is 0.326 e. The number of carbonyl (C=O) groups is 1. The minimum atomic E-state index is -0.417. The lowest BCUT2D eigenvalue weighted by Crippen LogP contribution is -2.53. The molecule has 0 saturated heterocycles. The van der Waals surface area contributed by atoms with Crippen molar-refractivity contribution in [3.05, 3.63) is 0 Å². The Morgan fingerprint density at radius 2 is 2.28 bits per heavy atom. The number of carbonyl (C=O) groups excluding carboxylic acids is 1. The van der Waals surface area contributed by atoms with Crippen LogP contribution in [0.15, 0.2) is 0 Å². The minimum Gasteiger partial charge on any atom is -0.468 e. The summed E-state index contributed by atoms with van der Waals surface area (Å²) in [5, 5.41) is 3.25. The molecule has 0 aromatic rings. The molecule has 0 bridgehead atoms. The minimum absolute atomic E-state index is 0.0777. The molecule has 0 aromatic carbocycles. The third-order valence-corrected chi connectivity index (χ3v) is 5.17. The molecule has 0 radical (unpaired) electrons. The molecule has 18 heavy (non-hydrogen) atoms. The van der Waals surface area contributed by atoms with E-state index < -0.39 is 5.54 Å². The van der Waals surface area contributed by atoms with Gasteiger partial charge in [-0.15, -0.1) is 0 Å². The predicted octanol–water partition coefficient (Wildman–Crippen LogP) is 2.84. The van der Waals surface area contributed by atoms with Crippen LogP contribution in [0.1, 0.15) is 45.4 Å². The van der Waals surface area contributed by atoms with E-state index in [4.69, 9.17) is 4.74 Å². The van der Waals surface area contributed by atoms with E-state index in [1.54, 1.807) is 0 Å². The number of likely N-dealkylation sites (N-methyl/N-ethyl adjacent to an activating group) is 1. The summed E-state index contributed by atoms with van der Waals surface area (Å²) in [6, 6.07) is 0. The van der Waals surface area contributed by atoms with Crippen molar-refractivity contribution in [1.82, 2.24) is 5.32 Å². The number of rotatable bonds is 8. The molecule has 0 aliphatic heterocycles. The lowest BCUT2D eigenvalue weighted by Gasteiger charge is -2.32. The highest BCUT2D eigenvalue weighted by Crippen LogP contribution is 2.39. The Kier molecular flexibility index (Phi) is 7.08. The Bertz CT molecular complexity index is 260. The van der Waals surface area contributed by atoms with Crippen LogP contribution in [0.25, 0.3) is 0 Å². The smallest absolute Gasteiger partial charge is 0.326 e. The summed E-state index contributed by atoms with van der Waals surface area (Å²) in [6.07, 6.45) is 6.86. The number of esters is 1. The van der Waals surface area contributed by atoms with Gasteiger partial charge in [0.25, 0.3) is 0 Å². The summed E-state index contributed by atoms with van der Waals surface area (Å²) in [5.74, 6) is 2.76. The molecule has 1 aliphatic carbocycles. The van der Waals surface area contributed by atoms with Crippen molar-refractivity contribution in [3.63, 3.8) is 0 Å². The normalized spacial score (nSPS) is 27.4. The number of ether oxygens (including phenoxy) is 1. The Morgan fingerprint density at radius 3 is 2.89 bits per heavy atom. The Hall–Kier alpha value is -0.220. The van der Waals surface area contributed by atoms with E-state index in [-0.39, 0.29) is 5.97 Å². The highest BCUT2D eigenvalue weighted by Gasteiger charge is 2.48. The van der Waals surface area contributed by atoms with E-state index >= 15 is 0 Å². The molecule has 1 aliphatic rings. The molecule has 0 aromatic heterocycles. The number of hydrogen-bond acceptors (Lipinski definition) is 4. The van der Waals surface area contributed by atoms with Crippen LogP contribution in [0, 0.1) is 5.92 Å². The zero-order valence-corrected chi connectivity index (χ0v) is 12.8. The Morgan fingerprint density at radius 1 is 1.50 bits per heavy atom. The van der Waals surface area contributed by atoms with Gasteiger partial charge >= 0.3 is 5.97 Å². The van der Waals surface area contributed by atoms with Gasteiger partial charge in [0.05, 0.1) is 7.11 Å². The van der Waals surface area contributed by atoms with Crippen molar-refractivity contribution in [2.75, 3.05) is 25.7 Å². The van der Waals surface area contributed by atoms with E-state index in [2.05, 4.69) is 12.2 Å². The Balaban J connectivity index is 2.45. The first kappa shape index (κ1) is 15.8. The van der Waals surface area contributed by atoms with Crippen molar-refractivity contribution < 1.29 is 9.53 Å². The van der Waals surface area contributed by atoms with Gasteiger partial charge in [0.1, 0.15) is 5.54 Å². The number of unbranched alkanes of at least 4 members (excludes halogenated alkanes) is 1. The quantitative estimate of drug-likeness (QED) is 0.545. The van der Waals surface area contributed by atoms with E-state index in [0.717, 1.165) is 31.4 Å². The second-order valence-corrected chi connectivity index (χ2v) is 6.28. The van der Waals surface area contributed by atoms with Crippen LogP contribution in [0.4, 0.5) is 0 Å². The van der Waals surface area contributed by atoms with Gasteiger partial charge in [0.2, 0.25) is 0 Å². The summed E-state index contributed by atoms with van der Waals surface area (Å²) in [6.45, 7) is 2.22. The fourth-order valence-corrected chi connectivity index (χ4v) is 4.07. The molecule has 2 unspecified atom stereocenters. The van der Waals surface area contributed by atoms with Crippen LogP contribution in [0.5, 0.6) is 0 Å². The van der Waals surface area contributed by atoms with Crippen LogP contribution >= 0.6 is 11.8 Å². The van der Waals surface area contributed by atoms with E-state index in [1.807, 2.05) is 18.8 Å². The first-order chi connectivity index (χ1) is 8.71. The third kappa shape index (κ3) is 3.64. The third-order valence-electron chi connectivity index (χ3n) is 4.07. The van der Waals surface area contributed by atoms with Crippen molar-refractivity contribution in [2.24, 2.45) is 5.92 Å². The van der Waals surface area contributed by atoms with Gasteiger partial charge in [-0.25, -0.2) is 0 Å². The van der Waals surface area contributed by atoms with E-state index in [1.165, 1.54) is 25.7 Å². The van der Waals surface area contributed by atoms with Gasteiger partial charge in [0, 0.05) is 0 Å². The zero-order chi connectivity index (χ0) is 13.4. The highest BCUT2D eigenvalue weighted by atomic mass is 32.2. The average Bonchev–Trinajstić information content (AvgIpc) is 2.81. The number of methoxy groups -OCH3 is 1. The molecule has 4 heteroatoms. The van der Waals surface area contributed by atoms with Crippen LogP contribution in [-0.2, 0) is 9.53 Å². The maximum atomic E-state index is 12.0. The van der Waals surface area contributed by atoms with Crippen molar-refractivity contribution in [3.8, 4) is 0 Å². The van der Waals surface area contributed by atoms with Crippen molar-refractivity contribution in [1.29, 1.82) is 0 Å². The van der Waals surface area contributed by atoms with Crippen molar-refractivity contribution >= 4 is 17.7 Å². The molecule has 1 saturated carbocycles.